The Morgan fingerprint density at radius 2 is 1.72 bits per heavy atom. The van der Waals surface area contributed by atoms with Crippen LogP contribution in [-0.4, -0.2) is 34.6 Å². The van der Waals surface area contributed by atoms with E-state index in [1.54, 1.807) is 4.57 Å². The molecular weight excluding hydrogens is 366 g/mol. The number of nitrogens with zero attached hydrogens (tertiary/aromatic N) is 2. The van der Waals surface area contributed by atoms with Crippen molar-refractivity contribution in [1.82, 2.24) is 9.88 Å². The summed E-state index contributed by atoms with van der Waals surface area (Å²) in [5.74, 6) is -0.556. The molecule has 0 saturated heterocycles. The van der Waals surface area contributed by atoms with Gasteiger partial charge in [0.2, 0.25) is 0 Å². The minimum atomic E-state index is -0.386. The van der Waals surface area contributed by atoms with E-state index in [4.69, 9.17) is 0 Å². The summed E-state index contributed by atoms with van der Waals surface area (Å²) in [4.78, 5) is 27.6. The van der Waals surface area contributed by atoms with Crippen molar-refractivity contribution in [2.24, 2.45) is 0 Å². The Hall–Kier alpha value is -3.38. The summed E-state index contributed by atoms with van der Waals surface area (Å²) < 4.78 is 1.80. The van der Waals surface area contributed by atoms with Gasteiger partial charge in [0.05, 0.1) is 5.52 Å². The highest BCUT2D eigenvalue weighted by atomic mass is 16.3. The van der Waals surface area contributed by atoms with Gasteiger partial charge in [-0.2, -0.15) is 0 Å². The molecule has 0 bridgehead atoms. The van der Waals surface area contributed by atoms with E-state index in [1.807, 2.05) is 59.6 Å². The van der Waals surface area contributed by atoms with E-state index >= 15 is 0 Å². The summed E-state index contributed by atoms with van der Waals surface area (Å²) in [5, 5.41) is 12.8. The van der Waals surface area contributed by atoms with E-state index in [9.17, 15) is 14.7 Å². The van der Waals surface area contributed by atoms with Gasteiger partial charge in [-0.15, -0.1) is 0 Å². The number of fused-ring (bicyclic) bond motifs is 2. The molecule has 146 valence electrons. The van der Waals surface area contributed by atoms with Crippen molar-refractivity contribution in [1.29, 1.82) is 0 Å². The van der Waals surface area contributed by atoms with Gasteiger partial charge in [-0.3, -0.25) is 14.9 Å². The molecule has 2 N–H and O–H groups in total. The molecule has 6 heteroatoms. The van der Waals surface area contributed by atoms with Crippen LogP contribution >= 0.6 is 0 Å². The molecule has 2 amide bonds. The van der Waals surface area contributed by atoms with Crippen LogP contribution in [0.1, 0.15) is 24.3 Å². The fourth-order valence-corrected chi connectivity index (χ4v) is 4.48. The van der Waals surface area contributed by atoms with Crippen LogP contribution in [0.5, 0.6) is 0 Å². The number of aromatic nitrogens is 1. The Morgan fingerprint density at radius 3 is 2.59 bits per heavy atom. The lowest BCUT2D eigenvalue weighted by Crippen LogP contribution is -2.30. The largest absolute Gasteiger partial charge is 0.396 e. The van der Waals surface area contributed by atoms with Crippen LogP contribution < -0.4 is 10.2 Å². The lowest BCUT2D eigenvalue weighted by molar-refractivity contribution is -0.123. The molecule has 29 heavy (non-hydrogen) atoms. The van der Waals surface area contributed by atoms with Crippen LogP contribution in [-0.2, 0) is 9.59 Å². The van der Waals surface area contributed by atoms with E-state index in [0.29, 0.717) is 24.4 Å². The van der Waals surface area contributed by atoms with Gasteiger partial charge < -0.3 is 14.6 Å². The molecule has 2 aliphatic rings. The Balaban J connectivity index is 1.67. The van der Waals surface area contributed by atoms with Crippen molar-refractivity contribution in [2.45, 2.75) is 18.8 Å². The first-order valence-electron chi connectivity index (χ1n) is 9.83. The third kappa shape index (κ3) is 2.76. The number of aliphatic hydroxyl groups is 1. The summed E-state index contributed by atoms with van der Waals surface area (Å²) in [7, 11) is 0. The number of para-hydroxylation sites is 2. The first-order chi connectivity index (χ1) is 14.2. The average molecular weight is 387 g/mol. The molecule has 0 fully saturated rings. The maximum atomic E-state index is 12.9. The van der Waals surface area contributed by atoms with E-state index in [1.165, 1.54) is 0 Å². The number of nitrogens with one attached hydrogen (secondary N) is 1. The number of carbonyl (C=O) groups excluding carboxylic acids is 2. The van der Waals surface area contributed by atoms with Crippen LogP contribution in [0, 0.1) is 0 Å². The molecule has 1 atom stereocenters. The molecule has 0 saturated carbocycles. The number of anilines is 1. The van der Waals surface area contributed by atoms with Crippen molar-refractivity contribution >= 4 is 34.1 Å². The molecule has 2 aromatic carbocycles. The third-order valence-corrected chi connectivity index (χ3v) is 5.77. The van der Waals surface area contributed by atoms with E-state index in [2.05, 4.69) is 11.4 Å². The number of amides is 2. The number of hydrogen-bond acceptors (Lipinski definition) is 4. The van der Waals surface area contributed by atoms with Crippen molar-refractivity contribution < 1.29 is 14.7 Å². The molecular formula is C23H21N3O3. The van der Waals surface area contributed by atoms with Gasteiger partial charge in [0.15, 0.2) is 0 Å². The maximum absolute atomic E-state index is 12.9. The summed E-state index contributed by atoms with van der Waals surface area (Å²) in [6.45, 7) is 0.749. The van der Waals surface area contributed by atoms with E-state index in [0.717, 1.165) is 28.6 Å². The Labute approximate surface area is 168 Å². The normalized spacial score (nSPS) is 18.7. The zero-order chi connectivity index (χ0) is 20.0. The smallest absolute Gasteiger partial charge is 0.277 e. The summed E-state index contributed by atoms with van der Waals surface area (Å²) in [6.07, 6.45) is 3.37. The first-order valence-corrected chi connectivity index (χ1v) is 9.83. The fraction of sp³-hybridized carbons (Fsp3) is 0.217. The lowest BCUT2D eigenvalue weighted by Gasteiger charge is -2.21. The molecule has 0 radical (unpaired) electrons. The highest BCUT2D eigenvalue weighted by Crippen LogP contribution is 2.42. The van der Waals surface area contributed by atoms with Crippen molar-refractivity contribution in [3.8, 4) is 0 Å². The van der Waals surface area contributed by atoms with Crippen molar-refractivity contribution in [2.75, 3.05) is 18.1 Å². The highest BCUT2D eigenvalue weighted by molar-refractivity contribution is 6.34. The van der Waals surface area contributed by atoms with Gasteiger partial charge in [0, 0.05) is 31.0 Å². The number of hydrogen-bond donors (Lipinski definition) is 2. The molecule has 5 rings (SSSR count). The predicted molar refractivity (Wildman–Crippen MR) is 111 cm³/mol. The predicted octanol–water partition coefficient (Wildman–Crippen LogP) is 2.84. The van der Waals surface area contributed by atoms with E-state index < -0.39 is 0 Å². The Bertz CT molecular complexity index is 1160. The SMILES string of the molecule is O=C1NC(=O)C(n2ccc3ccccc32)=C1N1CC(CCCO)c2ccccc21. The summed E-state index contributed by atoms with van der Waals surface area (Å²) in [5.41, 5.74) is 3.72. The zero-order valence-electron chi connectivity index (χ0n) is 15.8. The molecule has 6 nitrogen and oxygen atoms in total. The van der Waals surface area contributed by atoms with Gasteiger partial charge in [-0.25, -0.2) is 0 Å². The molecule has 1 aromatic heterocycles. The van der Waals surface area contributed by atoms with Gasteiger partial charge in [-0.05, 0) is 42.0 Å². The molecule has 3 aromatic rings. The van der Waals surface area contributed by atoms with Gasteiger partial charge in [0.1, 0.15) is 11.4 Å². The fourth-order valence-electron chi connectivity index (χ4n) is 4.48. The quantitative estimate of drug-likeness (QED) is 0.660. The summed E-state index contributed by atoms with van der Waals surface area (Å²) >= 11 is 0. The summed E-state index contributed by atoms with van der Waals surface area (Å²) in [6, 6.07) is 17.7. The number of aliphatic hydroxyl groups excluding tert-OH is 1. The highest BCUT2D eigenvalue weighted by Gasteiger charge is 2.40. The van der Waals surface area contributed by atoms with E-state index in [-0.39, 0.29) is 24.3 Å². The molecule has 3 heterocycles. The molecule has 0 spiro atoms. The number of rotatable bonds is 5. The Morgan fingerprint density at radius 1 is 0.966 bits per heavy atom. The maximum Gasteiger partial charge on any atom is 0.277 e. The molecule has 1 unspecified atom stereocenters. The first kappa shape index (κ1) is 17.7. The average Bonchev–Trinajstić information content (AvgIpc) is 3.39. The second kappa shape index (κ2) is 6.90. The van der Waals surface area contributed by atoms with Crippen LogP contribution in [0.2, 0.25) is 0 Å². The second-order valence-electron chi connectivity index (χ2n) is 7.46. The van der Waals surface area contributed by atoms with Crippen LogP contribution in [0.3, 0.4) is 0 Å². The van der Waals surface area contributed by atoms with Crippen LogP contribution in [0.15, 0.2) is 66.5 Å². The third-order valence-electron chi connectivity index (χ3n) is 5.77. The Kier molecular flexibility index (Phi) is 4.21. The number of imide groups is 1. The van der Waals surface area contributed by atoms with Gasteiger partial charge in [-0.1, -0.05) is 36.4 Å². The van der Waals surface area contributed by atoms with Crippen LogP contribution in [0.25, 0.3) is 16.6 Å². The standard InChI is InChI=1S/C23H21N3O3/c27-13-5-7-16-14-26(19-10-4-2-8-17(16)19)21-20(22(28)24-23(21)29)25-12-11-15-6-1-3-9-18(15)25/h1-4,6,8-12,16,27H,5,7,13-14H2,(H,24,28,29). The molecule has 0 aliphatic carbocycles. The monoisotopic (exact) mass is 387 g/mol. The van der Waals surface area contributed by atoms with Crippen LogP contribution in [0.4, 0.5) is 5.69 Å². The minimum absolute atomic E-state index is 0.140. The minimum Gasteiger partial charge on any atom is -0.396 e. The van der Waals surface area contributed by atoms with Crippen molar-refractivity contribution in [3.05, 3.63) is 72.1 Å². The zero-order valence-corrected chi connectivity index (χ0v) is 15.8. The topological polar surface area (TPSA) is 74.6 Å². The van der Waals surface area contributed by atoms with Gasteiger partial charge in [0.25, 0.3) is 11.8 Å². The number of carbonyl (C=O) groups is 2. The lowest BCUT2D eigenvalue weighted by atomic mass is 9.97. The number of benzene rings is 2. The van der Waals surface area contributed by atoms with Gasteiger partial charge >= 0.3 is 0 Å². The second-order valence-corrected chi connectivity index (χ2v) is 7.46. The van der Waals surface area contributed by atoms with Crippen molar-refractivity contribution in [3.63, 3.8) is 0 Å². The molecule has 2 aliphatic heterocycles.